The smallest absolute Gasteiger partial charge is 0.306 e. The third-order valence-electron chi connectivity index (χ3n) is 3.22. The van der Waals surface area contributed by atoms with Gasteiger partial charge in [-0.15, -0.1) is 11.3 Å². The molecule has 0 aliphatic rings. The summed E-state index contributed by atoms with van der Waals surface area (Å²) in [5.74, 6) is -0.947. The van der Waals surface area contributed by atoms with Crippen molar-refractivity contribution in [1.82, 2.24) is 4.98 Å². The van der Waals surface area contributed by atoms with Gasteiger partial charge in [0.25, 0.3) is 0 Å². The normalized spacial score (nSPS) is 11.9. The minimum absolute atomic E-state index is 0.0325. The molecule has 1 heterocycles. The number of methoxy groups -OCH3 is 1. The van der Waals surface area contributed by atoms with Crippen LogP contribution in [0.3, 0.4) is 0 Å². The Bertz CT molecular complexity index is 663. The molecule has 116 valence electrons. The van der Waals surface area contributed by atoms with Crippen molar-refractivity contribution in [3.05, 3.63) is 35.3 Å². The standard InChI is InChI=1S/C16H17NO4S/c1-10(16(19)20)7-13(18)8-12-9-22-15(17-12)11-3-5-14(21-2)6-4-11/h3-6,9-10H,7-8H2,1-2H3,(H,19,20)/t10-/m1/s1. The van der Waals surface area contributed by atoms with Crippen LogP contribution in [0.5, 0.6) is 5.75 Å². The Labute approximate surface area is 132 Å². The van der Waals surface area contributed by atoms with E-state index < -0.39 is 11.9 Å². The molecule has 1 atom stereocenters. The number of hydrogen-bond donors (Lipinski definition) is 1. The van der Waals surface area contributed by atoms with Gasteiger partial charge in [-0.2, -0.15) is 0 Å². The SMILES string of the molecule is COc1ccc(-c2nc(CC(=O)C[C@@H](C)C(=O)O)cs2)cc1. The summed E-state index contributed by atoms with van der Waals surface area (Å²) in [6.07, 6.45) is 0.203. The van der Waals surface area contributed by atoms with Gasteiger partial charge < -0.3 is 9.84 Å². The third kappa shape index (κ3) is 4.14. The van der Waals surface area contributed by atoms with Gasteiger partial charge in [0.15, 0.2) is 0 Å². The second-order valence-corrected chi connectivity index (χ2v) is 5.89. The Hall–Kier alpha value is -2.21. The average Bonchev–Trinajstić information content (AvgIpc) is 2.95. The lowest BCUT2D eigenvalue weighted by Crippen LogP contribution is -2.16. The molecule has 0 saturated heterocycles. The van der Waals surface area contributed by atoms with Crippen LogP contribution in [-0.4, -0.2) is 29.0 Å². The second-order valence-electron chi connectivity index (χ2n) is 5.03. The van der Waals surface area contributed by atoms with Gasteiger partial charge in [-0.25, -0.2) is 4.98 Å². The topological polar surface area (TPSA) is 76.5 Å². The van der Waals surface area contributed by atoms with E-state index >= 15 is 0 Å². The highest BCUT2D eigenvalue weighted by molar-refractivity contribution is 7.13. The molecule has 1 N–H and O–H groups in total. The number of Topliss-reactive ketones (excluding diaryl/α,β-unsaturated/α-hetero) is 1. The van der Waals surface area contributed by atoms with Crippen molar-refractivity contribution in [1.29, 1.82) is 0 Å². The molecule has 1 aromatic carbocycles. The number of carboxylic acids is 1. The molecule has 0 aliphatic heterocycles. The maximum atomic E-state index is 11.8. The number of thiazole rings is 1. The van der Waals surface area contributed by atoms with Crippen LogP contribution in [0.25, 0.3) is 10.6 Å². The quantitative estimate of drug-likeness (QED) is 0.849. The number of carboxylic acid groups (broad SMARTS) is 1. The van der Waals surface area contributed by atoms with E-state index in [0.29, 0.717) is 5.69 Å². The van der Waals surface area contributed by atoms with Crippen molar-refractivity contribution in [2.45, 2.75) is 19.8 Å². The van der Waals surface area contributed by atoms with E-state index in [1.54, 1.807) is 7.11 Å². The van der Waals surface area contributed by atoms with Crippen LogP contribution in [0, 0.1) is 5.92 Å². The summed E-state index contributed by atoms with van der Waals surface area (Å²) in [7, 11) is 1.61. The average molecular weight is 319 g/mol. The molecular weight excluding hydrogens is 302 g/mol. The highest BCUT2D eigenvalue weighted by Crippen LogP contribution is 2.26. The molecule has 0 spiro atoms. The molecule has 22 heavy (non-hydrogen) atoms. The first-order valence-electron chi connectivity index (χ1n) is 6.83. The number of nitrogens with zero attached hydrogens (tertiary/aromatic N) is 1. The zero-order chi connectivity index (χ0) is 16.1. The number of aromatic nitrogens is 1. The van der Waals surface area contributed by atoms with Crippen LogP contribution in [-0.2, 0) is 16.0 Å². The lowest BCUT2D eigenvalue weighted by atomic mass is 10.0. The summed E-state index contributed by atoms with van der Waals surface area (Å²) in [5, 5.41) is 11.5. The van der Waals surface area contributed by atoms with Gasteiger partial charge in [-0.1, -0.05) is 6.92 Å². The number of rotatable bonds is 7. The first-order chi connectivity index (χ1) is 10.5. The van der Waals surface area contributed by atoms with Crippen LogP contribution in [0.4, 0.5) is 0 Å². The van der Waals surface area contributed by atoms with Crippen LogP contribution in [0.2, 0.25) is 0 Å². The molecule has 6 heteroatoms. The van der Waals surface area contributed by atoms with Crippen molar-refractivity contribution < 1.29 is 19.4 Å². The Kier molecular flexibility index (Phi) is 5.27. The number of aliphatic carboxylic acids is 1. The molecule has 0 fully saturated rings. The molecule has 2 aromatic rings. The van der Waals surface area contributed by atoms with Gasteiger partial charge in [0.1, 0.15) is 16.5 Å². The largest absolute Gasteiger partial charge is 0.497 e. The lowest BCUT2D eigenvalue weighted by molar-refractivity contribution is -0.143. The van der Waals surface area contributed by atoms with E-state index in [2.05, 4.69) is 4.98 Å². The Balaban J connectivity index is 2.01. The molecule has 0 radical (unpaired) electrons. The monoisotopic (exact) mass is 319 g/mol. The summed E-state index contributed by atoms with van der Waals surface area (Å²) in [6, 6.07) is 7.54. The minimum Gasteiger partial charge on any atom is -0.497 e. The van der Waals surface area contributed by atoms with Gasteiger partial charge in [0.2, 0.25) is 0 Å². The summed E-state index contributed by atoms with van der Waals surface area (Å²) >= 11 is 1.46. The Morgan fingerprint density at radius 1 is 1.32 bits per heavy atom. The lowest BCUT2D eigenvalue weighted by Gasteiger charge is -2.03. The van der Waals surface area contributed by atoms with Crippen LogP contribution >= 0.6 is 11.3 Å². The van der Waals surface area contributed by atoms with Crippen LogP contribution < -0.4 is 4.74 Å². The summed E-state index contributed by atoms with van der Waals surface area (Å²) < 4.78 is 5.11. The van der Waals surface area contributed by atoms with E-state index in [-0.39, 0.29) is 18.6 Å². The van der Waals surface area contributed by atoms with Crippen molar-refractivity contribution in [3.63, 3.8) is 0 Å². The van der Waals surface area contributed by atoms with Crippen LogP contribution in [0.1, 0.15) is 19.0 Å². The van der Waals surface area contributed by atoms with E-state index in [0.717, 1.165) is 16.3 Å². The molecule has 0 aliphatic carbocycles. The van der Waals surface area contributed by atoms with Gasteiger partial charge in [-0.3, -0.25) is 9.59 Å². The molecule has 0 saturated carbocycles. The van der Waals surface area contributed by atoms with Crippen molar-refractivity contribution in [3.8, 4) is 16.3 Å². The first kappa shape index (κ1) is 16.2. The zero-order valence-corrected chi connectivity index (χ0v) is 13.2. The van der Waals surface area contributed by atoms with Crippen molar-refractivity contribution in [2.24, 2.45) is 5.92 Å². The number of hydrogen-bond acceptors (Lipinski definition) is 5. The molecule has 0 bridgehead atoms. The molecule has 0 amide bonds. The minimum atomic E-state index is -0.953. The van der Waals surface area contributed by atoms with E-state index in [1.807, 2.05) is 29.6 Å². The maximum Gasteiger partial charge on any atom is 0.306 e. The van der Waals surface area contributed by atoms with Gasteiger partial charge in [0.05, 0.1) is 18.7 Å². The predicted octanol–water partition coefficient (Wildman–Crippen LogP) is 3.04. The molecule has 5 nitrogen and oxygen atoms in total. The fourth-order valence-corrected chi connectivity index (χ4v) is 2.78. The Morgan fingerprint density at radius 3 is 2.59 bits per heavy atom. The van der Waals surface area contributed by atoms with Crippen molar-refractivity contribution in [2.75, 3.05) is 7.11 Å². The third-order valence-corrected chi connectivity index (χ3v) is 4.16. The fraction of sp³-hybridized carbons (Fsp3) is 0.312. The Morgan fingerprint density at radius 2 is 2.00 bits per heavy atom. The molecular formula is C16H17NO4S. The second kappa shape index (κ2) is 7.17. The molecule has 1 aromatic heterocycles. The van der Waals surface area contributed by atoms with Gasteiger partial charge in [-0.05, 0) is 24.3 Å². The van der Waals surface area contributed by atoms with Gasteiger partial charge in [0, 0.05) is 23.8 Å². The zero-order valence-electron chi connectivity index (χ0n) is 12.4. The predicted molar refractivity (Wildman–Crippen MR) is 84.2 cm³/mol. The highest BCUT2D eigenvalue weighted by atomic mass is 32.1. The van der Waals surface area contributed by atoms with Gasteiger partial charge >= 0.3 is 5.97 Å². The van der Waals surface area contributed by atoms with Crippen molar-refractivity contribution >= 4 is 23.1 Å². The maximum absolute atomic E-state index is 11.8. The number of carbonyl (C=O) groups excluding carboxylic acids is 1. The number of benzene rings is 1. The number of ketones is 1. The highest BCUT2D eigenvalue weighted by Gasteiger charge is 2.17. The fourth-order valence-electron chi connectivity index (χ4n) is 1.96. The van der Waals surface area contributed by atoms with E-state index in [9.17, 15) is 9.59 Å². The van der Waals surface area contributed by atoms with Crippen LogP contribution in [0.15, 0.2) is 29.6 Å². The number of carbonyl (C=O) groups is 2. The molecule has 0 unspecified atom stereocenters. The summed E-state index contributed by atoms with van der Waals surface area (Å²) in [4.78, 5) is 27.0. The van der Waals surface area contributed by atoms with E-state index in [1.165, 1.54) is 18.3 Å². The molecule has 2 rings (SSSR count). The summed E-state index contributed by atoms with van der Waals surface area (Å²) in [5.41, 5.74) is 1.64. The summed E-state index contributed by atoms with van der Waals surface area (Å²) in [6.45, 7) is 1.53. The number of ether oxygens (including phenoxy) is 1. The van der Waals surface area contributed by atoms with E-state index in [4.69, 9.17) is 9.84 Å². The first-order valence-corrected chi connectivity index (χ1v) is 7.71.